The fourth-order valence-electron chi connectivity index (χ4n) is 2.38. The van der Waals surface area contributed by atoms with E-state index >= 15 is 0 Å². The zero-order valence-electron chi connectivity index (χ0n) is 10.6. The van der Waals surface area contributed by atoms with E-state index in [4.69, 9.17) is 5.73 Å². The minimum absolute atomic E-state index is 0.357. The molecule has 1 rings (SSSR count). The largest absolute Gasteiger partial charge is 0.342 e. The Morgan fingerprint density at radius 1 is 1.38 bits per heavy atom. The SMILES string of the molecule is CCC1CCCN(C(=O)CCCCCN)C1. The van der Waals surface area contributed by atoms with Crippen molar-refractivity contribution in [2.75, 3.05) is 19.6 Å². The molecule has 0 aromatic carbocycles. The van der Waals surface area contributed by atoms with E-state index in [2.05, 4.69) is 11.8 Å². The van der Waals surface area contributed by atoms with Crippen LogP contribution in [0.25, 0.3) is 0 Å². The second-order valence-corrected chi connectivity index (χ2v) is 4.86. The van der Waals surface area contributed by atoms with Gasteiger partial charge >= 0.3 is 0 Å². The second-order valence-electron chi connectivity index (χ2n) is 4.86. The van der Waals surface area contributed by atoms with E-state index in [-0.39, 0.29) is 0 Å². The molecule has 0 bridgehead atoms. The maximum absolute atomic E-state index is 11.9. The van der Waals surface area contributed by atoms with Gasteiger partial charge in [-0.25, -0.2) is 0 Å². The molecule has 0 spiro atoms. The zero-order chi connectivity index (χ0) is 11.8. The predicted molar refractivity (Wildman–Crippen MR) is 67.1 cm³/mol. The molecular weight excluding hydrogens is 200 g/mol. The number of nitrogens with zero attached hydrogens (tertiary/aromatic N) is 1. The van der Waals surface area contributed by atoms with Gasteiger partial charge in [-0.15, -0.1) is 0 Å². The lowest BCUT2D eigenvalue weighted by Gasteiger charge is -2.32. The van der Waals surface area contributed by atoms with Crippen molar-refractivity contribution in [2.45, 2.75) is 51.9 Å². The molecule has 3 heteroatoms. The van der Waals surface area contributed by atoms with Crippen LogP contribution in [-0.2, 0) is 4.79 Å². The fraction of sp³-hybridized carbons (Fsp3) is 0.923. The molecule has 1 saturated heterocycles. The standard InChI is InChI=1S/C13H26N2O/c1-2-12-7-6-10-15(11-12)13(16)8-4-3-5-9-14/h12H,2-11,14H2,1H3. The smallest absolute Gasteiger partial charge is 0.222 e. The molecule has 1 unspecified atom stereocenters. The van der Waals surface area contributed by atoms with E-state index < -0.39 is 0 Å². The van der Waals surface area contributed by atoms with Gasteiger partial charge in [-0.2, -0.15) is 0 Å². The Kier molecular flexibility index (Phi) is 6.46. The van der Waals surface area contributed by atoms with E-state index in [1.54, 1.807) is 0 Å². The number of carbonyl (C=O) groups excluding carboxylic acids is 1. The first-order valence-corrected chi connectivity index (χ1v) is 6.75. The summed E-state index contributed by atoms with van der Waals surface area (Å²) in [6.45, 7) is 4.94. The molecule has 0 saturated carbocycles. The molecular formula is C13H26N2O. The normalized spacial score (nSPS) is 21.1. The van der Waals surface area contributed by atoms with Gasteiger partial charge in [-0.05, 0) is 38.1 Å². The highest BCUT2D eigenvalue weighted by atomic mass is 16.2. The molecule has 0 aliphatic carbocycles. The highest BCUT2D eigenvalue weighted by molar-refractivity contribution is 5.76. The van der Waals surface area contributed by atoms with Crippen molar-refractivity contribution in [3.63, 3.8) is 0 Å². The Labute approximate surface area is 99.4 Å². The van der Waals surface area contributed by atoms with E-state index in [1.165, 1.54) is 19.3 Å². The van der Waals surface area contributed by atoms with Gasteiger partial charge in [-0.1, -0.05) is 19.8 Å². The van der Waals surface area contributed by atoms with Crippen molar-refractivity contribution in [3.8, 4) is 0 Å². The lowest BCUT2D eigenvalue weighted by molar-refractivity contribution is -0.133. The van der Waals surface area contributed by atoms with Crippen LogP contribution in [0.3, 0.4) is 0 Å². The number of unbranched alkanes of at least 4 members (excludes halogenated alkanes) is 2. The minimum Gasteiger partial charge on any atom is -0.342 e. The first-order valence-electron chi connectivity index (χ1n) is 6.75. The highest BCUT2D eigenvalue weighted by Gasteiger charge is 2.21. The Morgan fingerprint density at radius 2 is 2.19 bits per heavy atom. The molecule has 1 heterocycles. The number of likely N-dealkylation sites (tertiary alicyclic amines) is 1. The summed E-state index contributed by atoms with van der Waals surface area (Å²) in [5.74, 6) is 1.09. The van der Waals surface area contributed by atoms with Crippen LogP contribution in [-0.4, -0.2) is 30.4 Å². The monoisotopic (exact) mass is 226 g/mol. The van der Waals surface area contributed by atoms with Crippen LogP contribution in [0.4, 0.5) is 0 Å². The second kappa shape index (κ2) is 7.66. The van der Waals surface area contributed by atoms with Gasteiger partial charge in [0, 0.05) is 19.5 Å². The molecule has 3 nitrogen and oxygen atoms in total. The number of amides is 1. The Hall–Kier alpha value is -0.570. The molecule has 94 valence electrons. The summed E-state index contributed by atoms with van der Waals surface area (Å²) in [5.41, 5.74) is 5.43. The van der Waals surface area contributed by atoms with Gasteiger partial charge in [-0.3, -0.25) is 4.79 Å². The van der Waals surface area contributed by atoms with Crippen LogP contribution < -0.4 is 5.73 Å². The Balaban J connectivity index is 2.19. The van der Waals surface area contributed by atoms with E-state index in [1.807, 2.05) is 0 Å². The molecule has 1 aliphatic rings. The Morgan fingerprint density at radius 3 is 2.88 bits per heavy atom. The van der Waals surface area contributed by atoms with Crippen LogP contribution >= 0.6 is 0 Å². The van der Waals surface area contributed by atoms with Gasteiger partial charge in [0.25, 0.3) is 0 Å². The van der Waals surface area contributed by atoms with Gasteiger partial charge in [0.05, 0.1) is 0 Å². The van der Waals surface area contributed by atoms with Crippen LogP contribution in [0, 0.1) is 5.92 Å². The summed E-state index contributed by atoms with van der Waals surface area (Å²) in [4.78, 5) is 14.0. The van der Waals surface area contributed by atoms with Gasteiger partial charge in [0.2, 0.25) is 5.91 Å². The lowest BCUT2D eigenvalue weighted by Crippen LogP contribution is -2.39. The van der Waals surface area contributed by atoms with Crippen molar-refractivity contribution in [1.29, 1.82) is 0 Å². The predicted octanol–water partition coefficient (Wildman–Crippen LogP) is 2.15. The van der Waals surface area contributed by atoms with Crippen molar-refractivity contribution >= 4 is 5.91 Å². The third-order valence-electron chi connectivity index (χ3n) is 3.54. The third-order valence-corrected chi connectivity index (χ3v) is 3.54. The summed E-state index contributed by atoms with van der Waals surface area (Å²) in [6, 6.07) is 0. The number of hydrogen-bond acceptors (Lipinski definition) is 2. The van der Waals surface area contributed by atoms with Gasteiger partial charge in [0.1, 0.15) is 0 Å². The van der Waals surface area contributed by atoms with Gasteiger partial charge < -0.3 is 10.6 Å². The summed E-state index contributed by atoms with van der Waals surface area (Å²) < 4.78 is 0. The first kappa shape index (κ1) is 13.5. The molecule has 16 heavy (non-hydrogen) atoms. The number of carbonyl (C=O) groups is 1. The molecule has 1 aliphatic heterocycles. The first-order chi connectivity index (χ1) is 7.77. The third kappa shape index (κ3) is 4.52. The maximum Gasteiger partial charge on any atom is 0.222 e. The molecule has 0 aromatic heterocycles. The quantitative estimate of drug-likeness (QED) is 0.705. The molecule has 1 atom stereocenters. The highest BCUT2D eigenvalue weighted by Crippen LogP contribution is 2.20. The van der Waals surface area contributed by atoms with Crippen LogP contribution in [0.1, 0.15) is 51.9 Å². The Bertz CT molecular complexity index is 206. The summed E-state index contributed by atoms with van der Waals surface area (Å²) in [6.07, 6.45) is 7.55. The van der Waals surface area contributed by atoms with Crippen molar-refractivity contribution in [1.82, 2.24) is 4.90 Å². The summed E-state index contributed by atoms with van der Waals surface area (Å²) >= 11 is 0. The average Bonchev–Trinajstić information content (AvgIpc) is 2.34. The van der Waals surface area contributed by atoms with Crippen molar-refractivity contribution < 1.29 is 4.79 Å². The van der Waals surface area contributed by atoms with Crippen LogP contribution in [0.5, 0.6) is 0 Å². The number of piperidine rings is 1. The topological polar surface area (TPSA) is 46.3 Å². The van der Waals surface area contributed by atoms with Crippen molar-refractivity contribution in [3.05, 3.63) is 0 Å². The molecule has 0 radical (unpaired) electrons. The van der Waals surface area contributed by atoms with Crippen LogP contribution in [0.2, 0.25) is 0 Å². The van der Waals surface area contributed by atoms with E-state index in [0.717, 1.165) is 51.2 Å². The molecule has 0 aromatic rings. The molecule has 1 fully saturated rings. The average molecular weight is 226 g/mol. The lowest BCUT2D eigenvalue weighted by atomic mass is 9.95. The zero-order valence-corrected chi connectivity index (χ0v) is 10.6. The molecule has 1 amide bonds. The number of nitrogens with two attached hydrogens (primary N) is 1. The minimum atomic E-state index is 0.357. The summed E-state index contributed by atoms with van der Waals surface area (Å²) in [7, 11) is 0. The molecule has 2 N–H and O–H groups in total. The van der Waals surface area contributed by atoms with Crippen LogP contribution in [0.15, 0.2) is 0 Å². The van der Waals surface area contributed by atoms with Gasteiger partial charge in [0.15, 0.2) is 0 Å². The fourth-order valence-corrected chi connectivity index (χ4v) is 2.38. The number of hydrogen-bond donors (Lipinski definition) is 1. The number of rotatable bonds is 6. The van der Waals surface area contributed by atoms with E-state index in [0.29, 0.717) is 5.91 Å². The maximum atomic E-state index is 11.9. The summed E-state index contributed by atoms with van der Waals surface area (Å²) in [5, 5.41) is 0. The van der Waals surface area contributed by atoms with Crippen molar-refractivity contribution in [2.24, 2.45) is 11.7 Å². The van der Waals surface area contributed by atoms with E-state index in [9.17, 15) is 4.79 Å².